The normalized spacial score (nSPS) is 14.8. The molecule has 15 heavy (non-hydrogen) atoms. The van der Waals surface area contributed by atoms with Crippen molar-refractivity contribution >= 4 is 17.4 Å². The largest absolute Gasteiger partial charge is 0.352 e. The zero-order valence-electron chi connectivity index (χ0n) is 8.77. The topological polar surface area (TPSA) is 47.7 Å². The number of fused-ring (bicyclic) bond motifs is 1. The van der Waals surface area contributed by atoms with E-state index in [2.05, 4.69) is 6.07 Å². The maximum absolute atomic E-state index is 5.79. The molecule has 82 valence electrons. The van der Waals surface area contributed by atoms with Gasteiger partial charge in [0.05, 0.1) is 11.6 Å². The lowest BCUT2D eigenvalue weighted by atomic mass is 10.2. The van der Waals surface area contributed by atoms with Crippen LogP contribution in [0.25, 0.3) is 0 Å². The molecule has 1 aromatic rings. The van der Waals surface area contributed by atoms with E-state index in [1.165, 1.54) is 4.90 Å². The van der Waals surface area contributed by atoms with Crippen LogP contribution in [0, 0.1) is 0 Å². The summed E-state index contributed by atoms with van der Waals surface area (Å²) in [5, 5.41) is 1.73. The molecule has 5 heteroatoms. The summed E-state index contributed by atoms with van der Waals surface area (Å²) in [5.74, 6) is 6.58. The highest BCUT2D eigenvalue weighted by Crippen LogP contribution is 2.38. The van der Waals surface area contributed by atoms with E-state index >= 15 is 0 Å². The Morgan fingerprint density at radius 1 is 1.40 bits per heavy atom. The summed E-state index contributed by atoms with van der Waals surface area (Å²) in [6, 6.07) is 6.03. The van der Waals surface area contributed by atoms with Crippen LogP contribution in [-0.2, 0) is 9.47 Å². The van der Waals surface area contributed by atoms with Gasteiger partial charge in [-0.1, -0.05) is 6.07 Å². The number of benzene rings is 1. The highest BCUT2D eigenvalue weighted by atomic mass is 32.2. The van der Waals surface area contributed by atoms with Gasteiger partial charge in [0, 0.05) is 24.7 Å². The number of thioether (sulfide) groups is 1. The quantitative estimate of drug-likeness (QED) is 0.628. The van der Waals surface area contributed by atoms with Gasteiger partial charge in [-0.25, -0.2) is 5.84 Å². The molecule has 0 aliphatic carbocycles. The molecule has 0 aromatic heterocycles. The van der Waals surface area contributed by atoms with Gasteiger partial charge in [-0.15, -0.1) is 11.8 Å². The number of hydrogen-bond acceptors (Lipinski definition) is 5. The van der Waals surface area contributed by atoms with E-state index in [-0.39, 0.29) is 6.29 Å². The zero-order valence-corrected chi connectivity index (χ0v) is 9.58. The van der Waals surface area contributed by atoms with Crippen LogP contribution in [0.5, 0.6) is 0 Å². The smallest absolute Gasteiger partial charge is 0.183 e. The van der Waals surface area contributed by atoms with Crippen LogP contribution in [0.15, 0.2) is 23.1 Å². The summed E-state index contributed by atoms with van der Waals surface area (Å²) in [6.07, 6.45) is -0.303. The van der Waals surface area contributed by atoms with Crippen LogP contribution in [0.2, 0.25) is 0 Å². The average molecular weight is 226 g/mol. The zero-order chi connectivity index (χ0) is 10.8. The summed E-state index contributed by atoms with van der Waals surface area (Å²) in [6.45, 7) is 0. The summed E-state index contributed by atoms with van der Waals surface area (Å²) >= 11 is 1.72. The maximum atomic E-state index is 5.79. The molecule has 0 fully saturated rings. The van der Waals surface area contributed by atoms with Gasteiger partial charge < -0.3 is 9.47 Å². The van der Waals surface area contributed by atoms with E-state index in [1.54, 1.807) is 31.0 Å². The fraction of sp³-hybridized carbons (Fsp3) is 0.400. The van der Waals surface area contributed by atoms with Crippen molar-refractivity contribution in [1.29, 1.82) is 0 Å². The molecule has 0 saturated carbocycles. The molecule has 1 aliphatic heterocycles. The SMILES string of the molecule is COC(OC)c1ccc2c(c1)SCN2N. The second-order valence-electron chi connectivity index (χ2n) is 3.27. The molecular formula is C10H14N2O2S. The number of nitrogens with zero attached hydrogens (tertiary/aromatic N) is 1. The van der Waals surface area contributed by atoms with Crippen LogP contribution in [0.3, 0.4) is 0 Å². The van der Waals surface area contributed by atoms with Gasteiger partial charge in [-0.05, 0) is 12.1 Å². The molecule has 1 aromatic carbocycles. The molecule has 0 spiro atoms. The van der Waals surface area contributed by atoms with E-state index in [0.717, 1.165) is 17.1 Å². The van der Waals surface area contributed by atoms with E-state index in [0.29, 0.717) is 0 Å². The van der Waals surface area contributed by atoms with Crippen molar-refractivity contribution in [2.75, 3.05) is 25.1 Å². The van der Waals surface area contributed by atoms with Gasteiger partial charge >= 0.3 is 0 Å². The first-order chi connectivity index (χ1) is 7.26. The minimum absolute atomic E-state index is 0.303. The van der Waals surface area contributed by atoms with Crippen molar-refractivity contribution in [2.45, 2.75) is 11.2 Å². The Labute approximate surface area is 93.3 Å². The fourth-order valence-electron chi connectivity index (χ4n) is 1.61. The Bertz CT molecular complexity index is 355. The number of hydrazine groups is 1. The number of hydrogen-bond donors (Lipinski definition) is 1. The maximum Gasteiger partial charge on any atom is 0.183 e. The van der Waals surface area contributed by atoms with Crippen molar-refractivity contribution < 1.29 is 9.47 Å². The van der Waals surface area contributed by atoms with E-state index in [1.807, 2.05) is 12.1 Å². The van der Waals surface area contributed by atoms with Gasteiger partial charge in [-0.2, -0.15) is 0 Å². The third-order valence-electron chi connectivity index (χ3n) is 2.35. The number of methoxy groups -OCH3 is 2. The van der Waals surface area contributed by atoms with Gasteiger partial charge in [0.25, 0.3) is 0 Å². The standard InChI is InChI=1S/C10H14N2O2S/c1-13-10(14-2)7-3-4-8-9(5-7)15-6-12(8)11/h3-5,10H,6,11H2,1-2H3. The minimum Gasteiger partial charge on any atom is -0.352 e. The first-order valence-electron chi connectivity index (χ1n) is 4.61. The van der Waals surface area contributed by atoms with Gasteiger partial charge in [-0.3, -0.25) is 5.01 Å². The molecular weight excluding hydrogens is 212 g/mol. The summed E-state index contributed by atoms with van der Waals surface area (Å²) in [5.41, 5.74) is 2.08. The summed E-state index contributed by atoms with van der Waals surface area (Å²) in [4.78, 5) is 1.18. The molecule has 1 aliphatic rings. The van der Waals surface area contributed by atoms with Gasteiger partial charge in [0.2, 0.25) is 0 Å². The predicted molar refractivity (Wildman–Crippen MR) is 60.6 cm³/mol. The number of anilines is 1. The van der Waals surface area contributed by atoms with Crippen LogP contribution < -0.4 is 10.9 Å². The van der Waals surface area contributed by atoms with Crippen molar-refractivity contribution in [3.05, 3.63) is 23.8 Å². The number of nitrogens with two attached hydrogens (primary N) is 1. The lowest BCUT2D eigenvalue weighted by Crippen LogP contribution is -2.26. The van der Waals surface area contributed by atoms with E-state index in [9.17, 15) is 0 Å². The molecule has 0 saturated heterocycles. The third kappa shape index (κ3) is 1.96. The molecule has 2 N–H and O–H groups in total. The van der Waals surface area contributed by atoms with E-state index in [4.69, 9.17) is 15.3 Å². The van der Waals surface area contributed by atoms with Crippen molar-refractivity contribution in [3.8, 4) is 0 Å². The second kappa shape index (κ2) is 4.40. The lowest BCUT2D eigenvalue weighted by molar-refractivity contribution is -0.106. The highest BCUT2D eigenvalue weighted by Gasteiger charge is 2.19. The molecule has 0 radical (unpaired) electrons. The lowest BCUT2D eigenvalue weighted by Gasteiger charge is -2.15. The Kier molecular flexibility index (Phi) is 3.16. The monoisotopic (exact) mass is 226 g/mol. The number of rotatable bonds is 3. The Morgan fingerprint density at radius 3 is 2.80 bits per heavy atom. The Morgan fingerprint density at radius 2 is 2.13 bits per heavy atom. The van der Waals surface area contributed by atoms with Crippen molar-refractivity contribution in [1.82, 2.24) is 0 Å². The third-order valence-corrected chi connectivity index (χ3v) is 3.40. The van der Waals surface area contributed by atoms with Crippen LogP contribution >= 0.6 is 11.8 Å². The van der Waals surface area contributed by atoms with Gasteiger partial charge in [0.1, 0.15) is 0 Å². The Hall–Kier alpha value is -0.750. The molecule has 0 unspecified atom stereocenters. The molecule has 1 heterocycles. The predicted octanol–water partition coefficient (Wildman–Crippen LogP) is 1.72. The molecule has 0 amide bonds. The molecule has 4 nitrogen and oxygen atoms in total. The average Bonchev–Trinajstić information content (AvgIpc) is 2.62. The minimum atomic E-state index is -0.303. The van der Waals surface area contributed by atoms with Crippen LogP contribution in [-0.4, -0.2) is 20.1 Å². The number of ether oxygens (including phenoxy) is 2. The second-order valence-corrected chi connectivity index (χ2v) is 4.26. The molecule has 0 atom stereocenters. The summed E-state index contributed by atoms with van der Waals surface area (Å²) < 4.78 is 10.4. The highest BCUT2D eigenvalue weighted by molar-refractivity contribution is 7.99. The fourth-order valence-corrected chi connectivity index (χ4v) is 2.58. The van der Waals surface area contributed by atoms with Crippen LogP contribution in [0.1, 0.15) is 11.9 Å². The molecule has 0 bridgehead atoms. The Balaban J connectivity index is 2.30. The summed E-state index contributed by atoms with van der Waals surface area (Å²) in [7, 11) is 3.26. The van der Waals surface area contributed by atoms with Gasteiger partial charge in [0.15, 0.2) is 6.29 Å². The van der Waals surface area contributed by atoms with Crippen LogP contribution in [0.4, 0.5) is 5.69 Å². The van der Waals surface area contributed by atoms with Crippen molar-refractivity contribution in [2.24, 2.45) is 5.84 Å². The van der Waals surface area contributed by atoms with E-state index < -0.39 is 0 Å². The first-order valence-corrected chi connectivity index (χ1v) is 5.59. The van der Waals surface area contributed by atoms with Crippen molar-refractivity contribution in [3.63, 3.8) is 0 Å². The molecule has 2 rings (SSSR count). The first kappa shape index (κ1) is 10.8.